The SMILES string of the molecule is CCCc1nnsc1C(Cc1cccc(Cl)c1F)NCC. The number of halogens is 2. The number of aryl methyl sites for hydroxylation is 1. The lowest BCUT2D eigenvalue weighted by Crippen LogP contribution is -2.23. The molecule has 0 aliphatic rings. The van der Waals surface area contributed by atoms with Gasteiger partial charge in [0.05, 0.1) is 15.6 Å². The number of benzene rings is 1. The van der Waals surface area contributed by atoms with E-state index in [1.54, 1.807) is 18.2 Å². The molecule has 1 atom stereocenters. The van der Waals surface area contributed by atoms with E-state index in [0.717, 1.165) is 30.0 Å². The number of nitrogens with zero attached hydrogens (tertiary/aromatic N) is 2. The van der Waals surface area contributed by atoms with E-state index in [1.165, 1.54) is 11.5 Å². The standard InChI is InChI=1S/C15H19ClFN3S/c1-3-6-12-15(21-20-19-12)13(18-4-2)9-10-7-5-8-11(16)14(10)17/h5,7-8,13,18H,3-4,6,9H2,1-2H3. The maximum absolute atomic E-state index is 14.1. The van der Waals surface area contributed by atoms with Crippen LogP contribution in [0.4, 0.5) is 4.39 Å². The minimum Gasteiger partial charge on any atom is -0.309 e. The Morgan fingerprint density at radius 1 is 1.38 bits per heavy atom. The normalized spacial score (nSPS) is 12.6. The molecule has 1 unspecified atom stereocenters. The maximum Gasteiger partial charge on any atom is 0.145 e. The Labute approximate surface area is 133 Å². The molecule has 0 bridgehead atoms. The van der Waals surface area contributed by atoms with Crippen LogP contribution in [0.1, 0.15) is 42.4 Å². The van der Waals surface area contributed by atoms with Crippen LogP contribution in [-0.2, 0) is 12.8 Å². The summed E-state index contributed by atoms with van der Waals surface area (Å²) in [5, 5.41) is 7.76. The summed E-state index contributed by atoms with van der Waals surface area (Å²) in [4.78, 5) is 1.10. The highest BCUT2D eigenvalue weighted by Gasteiger charge is 2.20. The van der Waals surface area contributed by atoms with Gasteiger partial charge in [-0.2, -0.15) is 0 Å². The van der Waals surface area contributed by atoms with Crippen molar-refractivity contribution in [1.29, 1.82) is 0 Å². The van der Waals surface area contributed by atoms with Gasteiger partial charge in [-0.05, 0) is 42.5 Å². The van der Waals surface area contributed by atoms with Crippen LogP contribution < -0.4 is 5.32 Å². The van der Waals surface area contributed by atoms with Gasteiger partial charge in [0.25, 0.3) is 0 Å². The average molecular weight is 328 g/mol. The molecule has 1 N–H and O–H groups in total. The quantitative estimate of drug-likeness (QED) is 0.829. The first-order chi connectivity index (χ1) is 10.2. The summed E-state index contributed by atoms with van der Waals surface area (Å²) < 4.78 is 18.2. The minimum absolute atomic E-state index is 0.0181. The lowest BCUT2D eigenvalue weighted by molar-refractivity contribution is 0.530. The molecule has 2 aromatic rings. The fraction of sp³-hybridized carbons (Fsp3) is 0.467. The van der Waals surface area contributed by atoms with Gasteiger partial charge >= 0.3 is 0 Å². The number of hydrogen-bond acceptors (Lipinski definition) is 4. The van der Waals surface area contributed by atoms with Gasteiger partial charge in [0, 0.05) is 6.04 Å². The molecule has 0 spiro atoms. The topological polar surface area (TPSA) is 37.8 Å². The monoisotopic (exact) mass is 327 g/mol. The van der Waals surface area contributed by atoms with E-state index in [4.69, 9.17) is 11.6 Å². The van der Waals surface area contributed by atoms with E-state index in [-0.39, 0.29) is 16.9 Å². The summed E-state index contributed by atoms with van der Waals surface area (Å²) in [6.07, 6.45) is 2.45. The van der Waals surface area contributed by atoms with E-state index < -0.39 is 0 Å². The lowest BCUT2D eigenvalue weighted by atomic mass is 10.0. The summed E-state index contributed by atoms with van der Waals surface area (Å²) in [5.74, 6) is -0.336. The van der Waals surface area contributed by atoms with Gasteiger partial charge in [0.2, 0.25) is 0 Å². The number of hydrogen-bond donors (Lipinski definition) is 1. The molecule has 2 rings (SSSR count). The van der Waals surface area contributed by atoms with Crippen LogP contribution >= 0.6 is 23.1 Å². The lowest BCUT2D eigenvalue weighted by Gasteiger charge is -2.17. The second-order valence-electron chi connectivity index (χ2n) is 4.86. The van der Waals surface area contributed by atoms with Crippen molar-refractivity contribution in [2.24, 2.45) is 0 Å². The molecular formula is C15H19ClFN3S. The fourth-order valence-corrected chi connectivity index (χ4v) is 3.28. The van der Waals surface area contributed by atoms with Crippen LogP contribution in [0, 0.1) is 5.82 Å². The molecule has 0 saturated carbocycles. The molecule has 0 amide bonds. The summed E-state index contributed by atoms with van der Waals surface area (Å²) in [6.45, 7) is 4.95. The summed E-state index contributed by atoms with van der Waals surface area (Å²) in [6, 6.07) is 5.14. The van der Waals surface area contributed by atoms with Crippen molar-refractivity contribution in [3.63, 3.8) is 0 Å². The first-order valence-corrected chi connectivity index (χ1v) is 8.29. The molecule has 0 radical (unpaired) electrons. The molecule has 21 heavy (non-hydrogen) atoms. The smallest absolute Gasteiger partial charge is 0.145 e. The Kier molecular flexibility index (Phi) is 6.08. The summed E-state index contributed by atoms with van der Waals surface area (Å²) in [5.41, 5.74) is 1.63. The van der Waals surface area contributed by atoms with Gasteiger partial charge in [-0.25, -0.2) is 4.39 Å². The highest BCUT2D eigenvalue weighted by Crippen LogP contribution is 2.27. The molecular weight excluding hydrogens is 309 g/mol. The highest BCUT2D eigenvalue weighted by molar-refractivity contribution is 7.05. The second kappa shape index (κ2) is 7.82. The molecule has 0 fully saturated rings. The molecule has 1 heterocycles. The first-order valence-electron chi connectivity index (χ1n) is 7.14. The molecule has 1 aromatic carbocycles. The Balaban J connectivity index is 2.26. The molecule has 0 saturated heterocycles. The van der Waals surface area contributed by atoms with Gasteiger partial charge in [-0.1, -0.05) is 48.5 Å². The Morgan fingerprint density at radius 2 is 2.19 bits per heavy atom. The largest absolute Gasteiger partial charge is 0.309 e. The van der Waals surface area contributed by atoms with Crippen molar-refractivity contribution in [3.8, 4) is 0 Å². The zero-order valence-electron chi connectivity index (χ0n) is 12.2. The van der Waals surface area contributed by atoms with Gasteiger partial charge < -0.3 is 5.32 Å². The van der Waals surface area contributed by atoms with Gasteiger partial charge in [-0.3, -0.25) is 0 Å². The van der Waals surface area contributed by atoms with Crippen molar-refractivity contribution >= 4 is 23.1 Å². The average Bonchev–Trinajstić information content (AvgIpc) is 2.92. The Bertz CT molecular complexity index is 588. The zero-order chi connectivity index (χ0) is 15.2. The third-order valence-electron chi connectivity index (χ3n) is 3.29. The van der Waals surface area contributed by atoms with Crippen LogP contribution in [-0.4, -0.2) is 16.1 Å². The third kappa shape index (κ3) is 3.99. The highest BCUT2D eigenvalue weighted by atomic mass is 35.5. The molecule has 1 aromatic heterocycles. The van der Waals surface area contributed by atoms with Crippen molar-refractivity contribution in [3.05, 3.63) is 45.2 Å². The number of rotatable bonds is 7. The van der Waals surface area contributed by atoms with Crippen LogP contribution in [0.3, 0.4) is 0 Å². The molecule has 0 aliphatic carbocycles. The molecule has 0 aliphatic heterocycles. The van der Waals surface area contributed by atoms with E-state index in [9.17, 15) is 4.39 Å². The summed E-state index contributed by atoms with van der Waals surface area (Å²) in [7, 11) is 0. The number of likely N-dealkylation sites (N-methyl/N-ethyl adjacent to an activating group) is 1. The number of nitrogens with one attached hydrogen (secondary N) is 1. The summed E-state index contributed by atoms with van der Waals surface area (Å²) >= 11 is 7.25. The fourth-order valence-electron chi connectivity index (χ4n) is 2.32. The predicted molar refractivity (Wildman–Crippen MR) is 85.4 cm³/mol. The zero-order valence-corrected chi connectivity index (χ0v) is 13.8. The van der Waals surface area contributed by atoms with Gasteiger partial charge in [0.1, 0.15) is 5.82 Å². The van der Waals surface area contributed by atoms with Gasteiger partial charge in [-0.15, -0.1) is 5.10 Å². The molecule has 6 heteroatoms. The Morgan fingerprint density at radius 3 is 2.90 bits per heavy atom. The predicted octanol–water partition coefficient (Wildman–Crippen LogP) is 4.18. The second-order valence-corrected chi connectivity index (χ2v) is 6.05. The Hall–Kier alpha value is -1.04. The minimum atomic E-state index is -0.336. The van der Waals surface area contributed by atoms with E-state index in [0.29, 0.717) is 12.0 Å². The van der Waals surface area contributed by atoms with Crippen molar-refractivity contribution in [1.82, 2.24) is 14.9 Å². The van der Waals surface area contributed by atoms with Crippen molar-refractivity contribution in [2.75, 3.05) is 6.54 Å². The van der Waals surface area contributed by atoms with Crippen molar-refractivity contribution in [2.45, 2.75) is 39.2 Å². The van der Waals surface area contributed by atoms with Crippen molar-refractivity contribution < 1.29 is 4.39 Å². The van der Waals surface area contributed by atoms with Crippen LogP contribution in [0.2, 0.25) is 5.02 Å². The number of aromatic nitrogens is 2. The van der Waals surface area contributed by atoms with E-state index in [2.05, 4.69) is 21.8 Å². The third-order valence-corrected chi connectivity index (χ3v) is 4.47. The van der Waals surface area contributed by atoms with Crippen LogP contribution in [0.25, 0.3) is 0 Å². The van der Waals surface area contributed by atoms with E-state index in [1.807, 2.05) is 6.92 Å². The van der Waals surface area contributed by atoms with Gasteiger partial charge in [0.15, 0.2) is 0 Å². The van der Waals surface area contributed by atoms with Crippen LogP contribution in [0.15, 0.2) is 18.2 Å². The first kappa shape index (κ1) is 16.3. The molecule has 114 valence electrons. The van der Waals surface area contributed by atoms with E-state index >= 15 is 0 Å². The van der Waals surface area contributed by atoms with Crippen LogP contribution in [0.5, 0.6) is 0 Å². The maximum atomic E-state index is 14.1. The molecule has 3 nitrogen and oxygen atoms in total.